The van der Waals surface area contributed by atoms with Gasteiger partial charge in [0.2, 0.25) is 26.0 Å². The first-order chi connectivity index (χ1) is 14.9. The number of benzene rings is 2. The van der Waals surface area contributed by atoms with Gasteiger partial charge < -0.3 is 5.32 Å². The minimum atomic E-state index is -3.72. The van der Waals surface area contributed by atoms with Crippen LogP contribution in [0.25, 0.3) is 0 Å². The minimum Gasteiger partial charge on any atom is -0.325 e. The standard InChI is InChI=1S/C22H31N3O5S2/c1-6-24(7-2)32(29,30)19-14-12-18(13-15-19)23-22(26)16-25(31(5,27)28)21-11-9-8-10-20(21)17(3)4/h8-15,17H,6-7,16H2,1-5H3,(H,23,26). The highest BCUT2D eigenvalue weighted by Crippen LogP contribution is 2.29. The van der Waals surface area contributed by atoms with Crippen molar-refractivity contribution in [2.24, 2.45) is 0 Å². The van der Waals surface area contributed by atoms with Crippen molar-refractivity contribution < 1.29 is 21.6 Å². The Bertz CT molecular complexity index is 1140. The van der Waals surface area contributed by atoms with Crippen LogP contribution in [0.4, 0.5) is 11.4 Å². The van der Waals surface area contributed by atoms with Crippen LogP contribution in [0.5, 0.6) is 0 Å². The van der Waals surface area contributed by atoms with Gasteiger partial charge in [0.15, 0.2) is 0 Å². The second kappa shape index (κ2) is 10.5. The van der Waals surface area contributed by atoms with E-state index in [0.717, 1.165) is 16.1 Å². The molecule has 8 nitrogen and oxygen atoms in total. The Balaban J connectivity index is 2.23. The summed E-state index contributed by atoms with van der Waals surface area (Å²) < 4.78 is 52.5. The molecule has 0 atom stereocenters. The molecule has 2 rings (SSSR count). The largest absolute Gasteiger partial charge is 0.325 e. The van der Waals surface area contributed by atoms with Crippen LogP contribution in [0, 0.1) is 0 Å². The predicted molar refractivity (Wildman–Crippen MR) is 128 cm³/mol. The van der Waals surface area contributed by atoms with Crippen LogP contribution < -0.4 is 9.62 Å². The summed E-state index contributed by atoms with van der Waals surface area (Å²) in [5, 5.41) is 2.65. The monoisotopic (exact) mass is 481 g/mol. The first-order valence-corrected chi connectivity index (χ1v) is 13.7. The Morgan fingerprint density at radius 1 is 0.938 bits per heavy atom. The fourth-order valence-corrected chi connectivity index (χ4v) is 5.67. The molecule has 176 valence electrons. The summed E-state index contributed by atoms with van der Waals surface area (Å²) in [7, 11) is -7.32. The molecule has 2 aromatic carbocycles. The molecule has 0 heterocycles. The summed E-state index contributed by atoms with van der Waals surface area (Å²) in [6.45, 7) is 7.75. The molecule has 0 fully saturated rings. The number of rotatable bonds is 10. The SMILES string of the molecule is CCN(CC)S(=O)(=O)c1ccc(NC(=O)CN(c2ccccc2C(C)C)S(C)(=O)=O)cc1. The zero-order valence-electron chi connectivity index (χ0n) is 19.1. The Kier molecular flexibility index (Phi) is 8.44. The number of sulfonamides is 2. The average molecular weight is 482 g/mol. The maximum Gasteiger partial charge on any atom is 0.245 e. The lowest BCUT2D eigenvalue weighted by atomic mass is 10.0. The number of nitrogens with one attached hydrogen (secondary N) is 1. The number of carbonyl (C=O) groups excluding carboxylic acids is 1. The van der Waals surface area contributed by atoms with E-state index in [0.29, 0.717) is 24.5 Å². The summed E-state index contributed by atoms with van der Waals surface area (Å²) in [6, 6.07) is 12.9. The lowest BCUT2D eigenvalue weighted by Gasteiger charge is -2.25. The van der Waals surface area contributed by atoms with Crippen LogP contribution in [-0.2, 0) is 24.8 Å². The lowest BCUT2D eigenvalue weighted by molar-refractivity contribution is -0.114. The zero-order chi connectivity index (χ0) is 24.1. The lowest BCUT2D eigenvalue weighted by Crippen LogP contribution is -2.38. The molecule has 0 bridgehead atoms. The third-order valence-electron chi connectivity index (χ3n) is 5.00. The Morgan fingerprint density at radius 3 is 2.00 bits per heavy atom. The van der Waals surface area contributed by atoms with Gasteiger partial charge in [-0.1, -0.05) is 45.9 Å². The molecule has 0 unspecified atom stereocenters. The predicted octanol–water partition coefficient (Wildman–Crippen LogP) is 3.25. The van der Waals surface area contributed by atoms with Gasteiger partial charge in [-0.25, -0.2) is 16.8 Å². The molecule has 0 saturated heterocycles. The van der Waals surface area contributed by atoms with E-state index in [4.69, 9.17) is 0 Å². The number of anilines is 2. The van der Waals surface area contributed by atoms with Gasteiger partial charge in [-0.15, -0.1) is 0 Å². The molecular weight excluding hydrogens is 450 g/mol. The molecule has 0 radical (unpaired) electrons. The van der Waals surface area contributed by atoms with Gasteiger partial charge in [0.05, 0.1) is 16.8 Å². The van der Waals surface area contributed by atoms with Crippen LogP contribution in [0.1, 0.15) is 39.2 Å². The Hall–Kier alpha value is -2.43. The van der Waals surface area contributed by atoms with E-state index in [2.05, 4.69) is 5.32 Å². The third-order valence-corrected chi connectivity index (χ3v) is 8.19. The number of amides is 1. The van der Waals surface area contributed by atoms with E-state index in [-0.39, 0.29) is 10.8 Å². The summed E-state index contributed by atoms with van der Waals surface area (Å²) in [6.07, 6.45) is 1.06. The van der Waals surface area contributed by atoms with Crippen molar-refractivity contribution in [3.8, 4) is 0 Å². The highest BCUT2D eigenvalue weighted by atomic mass is 32.2. The van der Waals surface area contributed by atoms with Crippen LogP contribution in [0.15, 0.2) is 53.4 Å². The summed E-state index contributed by atoms with van der Waals surface area (Å²) >= 11 is 0. The van der Waals surface area contributed by atoms with Gasteiger partial charge in [0.1, 0.15) is 6.54 Å². The van der Waals surface area contributed by atoms with E-state index in [9.17, 15) is 21.6 Å². The highest BCUT2D eigenvalue weighted by Gasteiger charge is 2.25. The van der Waals surface area contributed by atoms with Crippen molar-refractivity contribution in [2.45, 2.75) is 38.5 Å². The molecule has 0 aliphatic rings. The van der Waals surface area contributed by atoms with Crippen molar-refractivity contribution in [3.63, 3.8) is 0 Å². The van der Waals surface area contributed by atoms with Gasteiger partial charge in [-0.05, 0) is 41.8 Å². The minimum absolute atomic E-state index is 0.0683. The van der Waals surface area contributed by atoms with Crippen molar-refractivity contribution in [3.05, 3.63) is 54.1 Å². The molecule has 32 heavy (non-hydrogen) atoms. The summed E-state index contributed by atoms with van der Waals surface area (Å²) in [4.78, 5) is 12.8. The Labute approximate surface area is 191 Å². The van der Waals surface area contributed by atoms with Crippen molar-refractivity contribution in [2.75, 3.05) is 35.5 Å². The molecule has 0 aliphatic heterocycles. The molecule has 0 saturated carbocycles. The highest BCUT2D eigenvalue weighted by molar-refractivity contribution is 7.92. The molecule has 0 aliphatic carbocycles. The van der Waals surface area contributed by atoms with E-state index in [1.807, 2.05) is 26.0 Å². The molecule has 10 heteroatoms. The van der Waals surface area contributed by atoms with Gasteiger partial charge in [-0.2, -0.15) is 4.31 Å². The van der Waals surface area contributed by atoms with Crippen LogP contribution in [-0.4, -0.2) is 52.9 Å². The van der Waals surface area contributed by atoms with Crippen LogP contribution in [0.3, 0.4) is 0 Å². The van der Waals surface area contributed by atoms with Crippen molar-refractivity contribution in [1.82, 2.24) is 4.31 Å². The number of hydrogen-bond donors (Lipinski definition) is 1. The quantitative estimate of drug-likeness (QED) is 0.561. The molecule has 0 aromatic heterocycles. The first-order valence-electron chi connectivity index (χ1n) is 10.4. The smallest absolute Gasteiger partial charge is 0.245 e. The maximum atomic E-state index is 12.7. The van der Waals surface area contributed by atoms with Crippen molar-refractivity contribution in [1.29, 1.82) is 0 Å². The average Bonchev–Trinajstić information content (AvgIpc) is 2.72. The third kappa shape index (κ3) is 6.08. The molecule has 1 amide bonds. The fraction of sp³-hybridized carbons (Fsp3) is 0.409. The van der Waals surface area contributed by atoms with Crippen LogP contribution >= 0.6 is 0 Å². The number of nitrogens with zero attached hydrogens (tertiary/aromatic N) is 2. The normalized spacial score (nSPS) is 12.2. The summed E-state index contributed by atoms with van der Waals surface area (Å²) in [5.41, 5.74) is 1.65. The fourth-order valence-electron chi connectivity index (χ4n) is 3.34. The van der Waals surface area contributed by atoms with Gasteiger partial charge in [0, 0.05) is 18.8 Å². The van der Waals surface area contributed by atoms with Gasteiger partial charge >= 0.3 is 0 Å². The summed E-state index contributed by atoms with van der Waals surface area (Å²) in [5.74, 6) is -0.466. The molecule has 2 aromatic rings. The first kappa shape index (κ1) is 25.8. The van der Waals surface area contributed by atoms with Gasteiger partial charge in [0.25, 0.3) is 0 Å². The molecule has 1 N–H and O–H groups in total. The number of para-hydroxylation sites is 1. The second-order valence-corrected chi connectivity index (χ2v) is 11.5. The van der Waals surface area contributed by atoms with E-state index in [1.165, 1.54) is 28.6 Å². The van der Waals surface area contributed by atoms with Crippen LogP contribution in [0.2, 0.25) is 0 Å². The van der Waals surface area contributed by atoms with E-state index in [1.54, 1.807) is 26.0 Å². The van der Waals surface area contributed by atoms with E-state index >= 15 is 0 Å². The van der Waals surface area contributed by atoms with Gasteiger partial charge in [-0.3, -0.25) is 9.10 Å². The maximum absolute atomic E-state index is 12.7. The topological polar surface area (TPSA) is 104 Å². The second-order valence-electron chi connectivity index (χ2n) is 7.65. The number of hydrogen-bond acceptors (Lipinski definition) is 5. The number of carbonyl (C=O) groups is 1. The van der Waals surface area contributed by atoms with Crippen molar-refractivity contribution >= 4 is 37.3 Å². The Morgan fingerprint density at radius 2 is 1.50 bits per heavy atom. The van der Waals surface area contributed by atoms with E-state index < -0.39 is 32.5 Å². The zero-order valence-corrected chi connectivity index (χ0v) is 20.7. The molecular formula is C22H31N3O5S2. The molecule has 0 spiro atoms.